The fourth-order valence-electron chi connectivity index (χ4n) is 4.87. The summed E-state index contributed by atoms with van der Waals surface area (Å²) in [4.78, 5) is 35.8. The summed E-state index contributed by atoms with van der Waals surface area (Å²) in [7, 11) is -4.24. The normalized spacial score (nSPS) is 16.7. The van der Waals surface area contributed by atoms with Crippen LogP contribution in [0.4, 0.5) is 5.82 Å². The van der Waals surface area contributed by atoms with E-state index < -0.39 is 21.9 Å². The fraction of sp³-hybridized carbons (Fsp3) is 0.357. The van der Waals surface area contributed by atoms with Crippen LogP contribution in [0.25, 0.3) is 0 Å². The van der Waals surface area contributed by atoms with Crippen LogP contribution >= 0.6 is 0 Å². The van der Waals surface area contributed by atoms with Crippen LogP contribution in [0.15, 0.2) is 65.8 Å². The second-order valence-electron chi connectivity index (χ2n) is 10.1. The van der Waals surface area contributed by atoms with Gasteiger partial charge in [-0.25, -0.2) is 19.5 Å². The Hall–Kier alpha value is -3.79. The van der Waals surface area contributed by atoms with Gasteiger partial charge in [-0.2, -0.15) is 8.42 Å². The van der Waals surface area contributed by atoms with Gasteiger partial charge in [0, 0.05) is 30.4 Å². The average Bonchev–Trinajstić information content (AvgIpc) is 3.16. The highest BCUT2D eigenvalue weighted by molar-refractivity contribution is 7.90. The maximum Gasteiger partial charge on any atom is 0.338 e. The molecule has 1 N–H and O–H groups in total. The first kappa shape index (κ1) is 27.3. The topological polar surface area (TPSA) is 119 Å². The lowest BCUT2D eigenvalue weighted by atomic mass is 9.97. The Kier molecular flexibility index (Phi) is 7.82. The van der Waals surface area contributed by atoms with Crippen LogP contribution in [-0.4, -0.2) is 49.0 Å². The largest absolute Gasteiger partial charge is 0.462 e. The number of nitrogens with zero attached hydrogens (tertiary/aromatic N) is 3. The van der Waals surface area contributed by atoms with E-state index in [4.69, 9.17) is 4.74 Å². The molecule has 2 aromatic heterocycles. The summed E-state index contributed by atoms with van der Waals surface area (Å²) in [6.07, 6.45) is 2.88. The Morgan fingerprint density at radius 3 is 2.50 bits per heavy atom. The highest BCUT2D eigenvalue weighted by Gasteiger charge is 2.39. The number of sulfonamides is 1. The van der Waals surface area contributed by atoms with E-state index in [0.29, 0.717) is 36.0 Å². The highest BCUT2D eigenvalue weighted by Crippen LogP contribution is 2.37. The number of nitrogens with one attached hydrogen (secondary N) is 1. The quantitative estimate of drug-likeness (QED) is 0.430. The number of hydrogen-bond acceptors (Lipinski definition) is 8. The second kappa shape index (κ2) is 10.9. The lowest BCUT2D eigenvalue weighted by Crippen LogP contribution is -2.41. The van der Waals surface area contributed by atoms with Gasteiger partial charge in [0.15, 0.2) is 5.03 Å². The van der Waals surface area contributed by atoms with Gasteiger partial charge in [-0.15, -0.1) is 0 Å². The number of carbonyl (C=O) groups is 2. The van der Waals surface area contributed by atoms with Gasteiger partial charge in [0.05, 0.1) is 17.7 Å². The lowest BCUT2D eigenvalue weighted by molar-refractivity contribution is 0.0526. The van der Waals surface area contributed by atoms with Crippen LogP contribution in [0.1, 0.15) is 66.1 Å². The summed E-state index contributed by atoms with van der Waals surface area (Å²) >= 11 is 0. The van der Waals surface area contributed by atoms with E-state index in [9.17, 15) is 18.0 Å². The van der Waals surface area contributed by atoms with Crippen molar-refractivity contribution >= 4 is 27.7 Å². The fourth-order valence-corrected chi connectivity index (χ4v) is 5.82. The van der Waals surface area contributed by atoms with Crippen molar-refractivity contribution in [2.45, 2.75) is 51.1 Å². The van der Waals surface area contributed by atoms with E-state index in [0.717, 1.165) is 18.5 Å². The van der Waals surface area contributed by atoms with E-state index in [2.05, 4.69) is 40.4 Å². The monoisotopic (exact) mass is 536 g/mol. The number of amides is 1. The molecule has 0 saturated carbocycles. The number of rotatable bonds is 8. The molecule has 9 nitrogen and oxygen atoms in total. The Bertz CT molecular complexity index is 1440. The summed E-state index contributed by atoms with van der Waals surface area (Å²) in [6.45, 7) is 9.07. The maximum atomic E-state index is 13.2. The van der Waals surface area contributed by atoms with E-state index in [1.54, 1.807) is 61.7 Å². The lowest BCUT2D eigenvalue weighted by Gasteiger charge is -2.33. The molecule has 1 aliphatic rings. The van der Waals surface area contributed by atoms with Crippen LogP contribution < -0.4 is 9.62 Å². The third-order valence-electron chi connectivity index (χ3n) is 6.49. The first-order chi connectivity index (χ1) is 18.0. The van der Waals surface area contributed by atoms with Crippen LogP contribution in [0.5, 0.6) is 0 Å². The number of anilines is 1. The molecule has 200 valence electrons. The molecule has 0 radical (unpaired) electrons. The Labute approximate surface area is 223 Å². The predicted molar refractivity (Wildman–Crippen MR) is 144 cm³/mol. The molecular weight excluding hydrogens is 504 g/mol. The van der Waals surface area contributed by atoms with E-state index in [1.807, 2.05) is 0 Å². The first-order valence-corrected chi connectivity index (χ1v) is 14.0. The number of carbonyl (C=O) groups excluding carboxylic acids is 2. The zero-order valence-corrected chi connectivity index (χ0v) is 22.8. The molecule has 10 heteroatoms. The minimum Gasteiger partial charge on any atom is -0.462 e. The molecule has 1 fully saturated rings. The van der Waals surface area contributed by atoms with E-state index >= 15 is 0 Å². The molecule has 1 aliphatic heterocycles. The molecule has 0 aliphatic carbocycles. The second-order valence-corrected chi connectivity index (χ2v) is 11.7. The van der Waals surface area contributed by atoms with Gasteiger partial charge in [-0.3, -0.25) is 4.79 Å². The van der Waals surface area contributed by atoms with Crippen molar-refractivity contribution in [2.24, 2.45) is 5.92 Å². The minimum absolute atomic E-state index is 0.191. The number of benzene rings is 1. The smallest absolute Gasteiger partial charge is 0.338 e. The van der Waals surface area contributed by atoms with Gasteiger partial charge in [0.1, 0.15) is 5.82 Å². The summed E-state index contributed by atoms with van der Waals surface area (Å²) in [6, 6.07) is 14.7. The molecule has 1 aromatic carbocycles. The van der Waals surface area contributed by atoms with Crippen molar-refractivity contribution in [2.75, 3.05) is 18.1 Å². The minimum atomic E-state index is -4.24. The van der Waals surface area contributed by atoms with Crippen LogP contribution in [0.2, 0.25) is 0 Å². The molecule has 1 saturated heterocycles. The van der Waals surface area contributed by atoms with Gasteiger partial charge >= 0.3 is 5.97 Å². The van der Waals surface area contributed by atoms with Crippen LogP contribution in [0, 0.1) is 5.92 Å². The van der Waals surface area contributed by atoms with Crippen molar-refractivity contribution in [3.8, 4) is 0 Å². The van der Waals surface area contributed by atoms with Gasteiger partial charge in [-0.05, 0) is 75.1 Å². The van der Waals surface area contributed by atoms with Gasteiger partial charge in [-0.1, -0.05) is 25.1 Å². The Balaban J connectivity index is 1.52. The summed E-state index contributed by atoms with van der Waals surface area (Å²) in [5.74, 6) is -0.284. The van der Waals surface area contributed by atoms with Crippen molar-refractivity contribution < 1.29 is 22.7 Å². The third-order valence-corrected chi connectivity index (χ3v) is 7.73. The number of aromatic nitrogens is 2. The van der Waals surface area contributed by atoms with Gasteiger partial charge < -0.3 is 9.64 Å². The summed E-state index contributed by atoms with van der Waals surface area (Å²) in [5, 5.41) is -0.257. The zero-order chi connectivity index (χ0) is 27.5. The van der Waals surface area contributed by atoms with Crippen LogP contribution in [-0.2, 0) is 21.2 Å². The SMILES string of the molecule is CCOC(=O)c1ccc(Cc2cccc(S(=O)(=O)NC(=O)c3cccnc3N3CC(C)CC3(C)C)n2)cc1. The standard InChI is InChI=1S/C28H32N4O5S/c1-5-37-27(34)21-13-11-20(12-14-21)16-22-8-6-10-24(30-22)38(35,36)31-26(33)23-9-7-15-29-25(23)32-18-19(2)17-28(32,3)4/h6-15,19H,5,16-18H2,1-4H3,(H,31,33). The predicted octanol–water partition coefficient (Wildman–Crippen LogP) is 3.99. The molecule has 3 aromatic rings. The zero-order valence-electron chi connectivity index (χ0n) is 22.0. The number of esters is 1. The molecule has 0 bridgehead atoms. The molecule has 1 amide bonds. The molecule has 4 rings (SSSR count). The van der Waals surface area contributed by atoms with Crippen molar-refractivity contribution in [1.82, 2.24) is 14.7 Å². The molecule has 3 heterocycles. The van der Waals surface area contributed by atoms with Gasteiger partial charge in [0.25, 0.3) is 15.9 Å². The van der Waals surface area contributed by atoms with Crippen molar-refractivity contribution in [1.29, 1.82) is 0 Å². The first-order valence-electron chi connectivity index (χ1n) is 12.5. The van der Waals surface area contributed by atoms with Crippen molar-refractivity contribution in [3.05, 3.63) is 83.2 Å². The maximum absolute atomic E-state index is 13.2. The molecule has 1 unspecified atom stereocenters. The average molecular weight is 537 g/mol. The number of pyridine rings is 2. The molecular formula is C28H32N4O5S. The highest BCUT2D eigenvalue weighted by atomic mass is 32.2. The molecule has 38 heavy (non-hydrogen) atoms. The van der Waals surface area contributed by atoms with Gasteiger partial charge in [0.2, 0.25) is 0 Å². The summed E-state index contributed by atoms with van der Waals surface area (Å²) < 4.78 is 33.4. The summed E-state index contributed by atoms with van der Waals surface area (Å²) in [5.41, 5.74) is 1.75. The van der Waals surface area contributed by atoms with Crippen molar-refractivity contribution in [3.63, 3.8) is 0 Å². The third kappa shape index (κ3) is 6.02. The Morgan fingerprint density at radius 1 is 1.11 bits per heavy atom. The number of ether oxygens (including phenoxy) is 1. The Morgan fingerprint density at radius 2 is 1.84 bits per heavy atom. The van der Waals surface area contributed by atoms with E-state index in [1.165, 1.54) is 6.07 Å². The van der Waals surface area contributed by atoms with Crippen LogP contribution in [0.3, 0.4) is 0 Å². The van der Waals surface area contributed by atoms with E-state index in [-0.39, 0.29) is 16.1 Å². The molecule has 1 atom stereocenters. The number of hydrogen-bond donors (Lipinski definition) is 1. The molecule has 0 spiro atoms.